The first-order valence-corrected chi connectivity index (χ1v) is 20.8. The van der Waals surface area contributed by atoms with Gasteiger partial charge in [0.25, 0.3) is 0 Å². The molecule has 9 atom stereocenters. The van der Waals surface area contributed by atoms with Crippen LogP contribution in [0.15, 0.2) is 161 Å². The van der Waals surface area contributed by atoms with Crippen molar-refractivity contribution >= 4 is 0 Å². The van der Waals surface area contributed by atoms with Crippen molar-refractivity contribution in [1.29, 1.82) is 0 Å². The zero-order chi connectivity index (χ0) is 34.7. The molecular formula is C50H55NO. The van der Waals surface area contributed by atoms with Gasteiger partial charge in [-0.25, -0.2) is 0 Å². The third-order valence-corrected chi connectivity index (χ3v) is 14.6. The number of fused-ring (bicyclic) bond motifs is 5. The second-order valence-electron chi connectivity index (χ2n) is 17.1. The van der Waals surface area contributed by atoms with Gasteiger partial charge >= 0.3 is 0 Å². The lowest BCUT2D eigenvalue weighted by Gasteiger charge is -2.52. The maximum Gasteiger partial charge on any atom is 0.121 e. The van der Waals surface area contributed by atoms with Crippen LogP contribution in [0.4, 0.5) is 0 Å². The van der Waals surface area contributed by atoms with Gasteiger partial charge in [0.1, 0.15) is 11.9 Å². The molecule has 0 bridgehead atoms. The van der Waals surface area contributed by atoms with E-state index in [-0.39, 0.29) is 34.9 Å². The summed E-state index contributed by atoms with van der Waals surface area (Å²) in [5.74, 6) is 2.83. The Morgan fingerprint density at radius 2 is 1.67 bits per heavy atom. The van der Waals surface area contributed by atoms with Gasteiger partial charge in [0.2, 0.25) is 0 Å². The van der Waals surface area contributed by atoms with Gasteiger partial charge in [0, 0.05) is 28.5 Å². The third-order valence-electron chi connectivity index (χ3n) is 14.6. The van der Waals surface area contributed by atoms with Crippen molar-refractivity contribution in [1.82, 2.24) is 4.90 Å². The zero-order valence-corrected chi connectivity index (χ0v) is 31.0. The summed E-state index contributed by atoms with van der Waals surface area (Å²) in [7, 11) is 0. The van der Waals surface area contributed by atoms with Crippen molar-refractivity contribution < 1.29 is 4.74 Å². The van der Waals surface area contributed by atoms with Crippen LogP contribution in [0.3, 0.4) is 0 Å². The first-order chi connectivity index (χ1) is 25.7. The Bertz CT molecular complexity index is 1940. The fourth-order valence-electron chi connectivity index (χ4n) is 12.5. The predicted molar refractivity (Wildman–Crippen MR) is 214 cm³/mol. The van der Waals surface area contributed by atoms with Crippen LogP contribution in [0.2, 0.25) is 0 Å². The highest BCUT2D eigenvalue weighted by Gasteiger charge is 2.66. The monoisotopic (exact) mass is 685 g/mol. The van der Waals surface area contributed by atoms with Crippen LogP contribution < -0.4 is 0 Å². The molecule has 0 saturated heterocycles. The van der Waals surface area contributed by atoms with Gasteiger partial charge in [-0.3, -0.25) is 0 Å². The lowest BCUT2D eigenvalue weighted by Crippen LogP contribution is -2.47. The van der Waals surface area contributed by atoms with E-state index in [9.17, 15) is 0 Å². The Morgan fingerprint density at radius 1 is 0.769 bits per heavy atom. The van der Waals surface area contributed by atoms with Gasteiger partial charge < -0.3 is 9.64 Å². The summed E-state index contributed by atoms with van der Waals surface area (Å²) in [6.45, 7) is 2.70. The predicted octanol–water partition coefficient (Wildman–Crippen LogP) is 12.1. The van der Waals surface area contributed by atoms with E-state index in [0.29, 0.717) is 17.8 Å². The fourth-order valence-corrected chi connectivity index (χ4v) is 12.5. The molecule has 10 rings (SSSR count). The van der Waals surface area contributed by atoms with Crippen molar-refractivity contribution in [2.24, 2.45) is 28.6 Å². The molecule has 0 N–H and O–H groups in total. The second-order valence-corrected chi connectivity index (χ2v) is 17.1. The normalized spacial score (nSPS) is 38.4. The number of hydrogen-bond acceptors (Lipinski definition) is 2. The van der Waals surface area contributed by atoms with Gasteiger partial charge in [0.15, 0.2) is 0 Å². The smallest absolute Gasteiger partial charge is 0.121 e. The van der Waals surface area contributed by atoms with E-state index < -0.39 is 0 Å². The molecule has 9 unspecified atom stereocenters. The summed E-state index contributed by atoms with van der Waals surface area (Å²) in [6, 6.07) is 11.7. The lowest BCUT2D eigenvalue weighted by molar-refractivity contribution is 0.120. The molecule has 1 fully saturated rings. The average molecular weight is 686 g/mol. The van der Waals surface area contributed by atoms with Gasteiger partial charge in [-0.1, -0.05) is 128 Å². The number of nitrogens with zero attached hydrogens (tertiary/aromatic N) is 1. The van der Waals surface area contributed by atoms with Crippen LogP contribution in [-0.4, -0.2) is 23.1 Å². The Hall–Kier alpha value is -4.04. The first kappa shape index (κ1) is 32.6. The molecule has 52 heavy (non-hydrogen) atoms. The van der Waals surface area contributed by atoms with Gasteiger partial charge in [0.05, 0.1) is 12.1 Å². The minimum absolute atomic E-state index is 0.0542. The van der Waals surface area contributed by atoms with Crippen LogP contribution in [-0.2, 0) is 4.74 Å². The molecule has 9 aliphatic rings. The Balaban J connectivity index is 1.17. The molecule has 1 saturated carbocycles. The lowest BCUT2D eigenvalue weighted by atomic mass is 9.51. The van der Waals surface area contributed by atoms with Crippen LogP contribution in [0.25, 0.3) is 0 Å². The Morgan fingerprint density at radius 3 is 2.54 bits per heavy atom. The highest BCUT2D eigenvalue weighted by molar-refractivity contribution is 5.58. The van der Waals surface area contributed by atoms with Crippen LogP contribution in [0.1, 0.15) is 95.5 Å². The molecule has 2 nitrogen and oxygen atoms in total. The van der Waals surface area contributed by atoms with E-state index in [1.165, 1.54) is 55.4 Å². The molecule has 1 aromatic rings. The van der Waals surface area contributed by atoms with E-state index in [1.54, 1.807) is 16.7 Å². The van der Waals surface area contributed by atoms with Crippen molar-refractivity contribution in [3.8, 4) is 0 Å². The Labute approximate surface area is 312 Å². The van der Waals surface area contributed by atoms with Crippen molar-refractivity contribution in [3.05, 3.63) is 167 Å². The van der Waals surface area contributed by atoms with E-state index in [1.807, 2.05) is 0 Å². The van der Waals surface area contributed by atoms with Gasteiger partial charge in [-0.2, -0.15) is 0 Å². The number of allylic oxidation sites excluding steroid dienone is 15. The number of rotatable bonds is 6. The number of benzene rings is 1. The molecule has 0 amide bonds. The van der Waals surface area contributed by atoms with Crippen LogP contribution in [0, 0.1) is 28.6 Å². The van der Waals surface area contributed by atoms with Gasteiger partial charge in [-0.05, 0) is 123 Å². The molecule has 1 heterocycles. The molecule has 0 aromatic heterocycles. The highest BCUT2D eigenvalue weighted by atomic mass is 16.5. The van der Waals surface area contributed by atoms with Crippen molar-refractivity contribution in [2.75, 3.05) is 0 Å². The molecule has 1 aliphatic heterocycles. The molecule has 266 valence electrons. The highest BCUT2D eigenvalue weighted by Crippen LogP contribution is 2.73. The summed E-state index contributed by atoms with van der Waals surface area (Å²) >= 11 is 0. The van der Waals surface area contributed by atoms with Crippen molar-refractivity contribution in [3.63, 3.8) is 0 Å². The largest absolute Gasteiger partial charge is 0.489 e. The standard InChI is InChI=1S/C50H55NO/c1-49-33-16-15-26-42(49)40-32-31-38(34-43(40)50(49,36-20-7-3-8-21-36)37-22-9-4-10-23-37)51(44-27-13-11-24-39(44)35-18-5-2-6-19-35)45-28-17-30-47-48(45)41-25-12-14-29-46(41)52-47/h2,5-7,11-13,15,17-22,24-27,30-31,34,39-42,44-46H,3-4,8-10,14,16,23,28-29,32-33H2,1H3. The Kier molecular flexibility index (Phi) is 8.22. The van der Waals surface area contributed by atoms with Crippen LogP contribution >= 0.6 is 0 Å². The number of ether oxygens (including phenoxy) is 1. The molecule has 1 aromatic carbocycles. The van der Waals surface area contributed by atoms with E-state index >= 15 is 0 Å². The summed E-state index contributed by atoms with van der Waals surface area (Å²) in [5.41, 5.74) is 9.48. The minimum atomic E-state index is -0.0542. The van der Waals surface area contributed by atoms with E-state index in [2.05, 4.69) is 139 Å². The van der Waals surface area contributed by atoms with Gasteiger partial charge in [-0.15, -0.1) is 0 Å². The number of hydrogen-bond donors (Lipinski definition) is 0. The summed E-state index contributed by atoms with van der Waals surface area (Å²) in [6.07, 6.45) is 54.6. The zero-order valence-electron chi connectivity index (χ0n) is 31.0. The third kappa shape index (κ3) is 4.88. The molecule has 0 radical (unpaired) electrons. The maximum absolute atomic E-state index is 6.79. The van der Waals surface area contributed by atoms with Crippen molar-refractivity contribution in [2.45, 2.75) is 108 Å². The maximum atomic E-state index is 6.79. The molecule has 2 heteroatoms. The second kappa shape index (κ2) is 13.1. The first-order valence-electron chi connectivity index (χ1n) is 20.8. The van der Waals surface area contributed by atoms with E-state index in [0.717, 1.165) is 44.3 Å². The molecule has 0 spiro atoms. The summed E-state index contributed by atoms with van der Waals surface area (Å²) in [4.78, 5) is 2.89. The SMILES string of the molecule is CC12CCC=CC1C1CC=C(N(C3CC=CC4=C3C3C=CCCC3O4)C3C=CC=CC3c3ccccc3)C=C1C2(C1=CCCC=C1)C1=CCCCC1. The molecular weight excluding hydrogens is 631 g/mol. The van der Waals surface area contributed by atoms with Crippen LogP contribution in [0.5, 0.6) is 0 Å². The topological polar surface area (TPSA) is 12.5 Å². The summed E-state index contributed by atoms with van der Waals surface area (Å²) in [5, 5.41) is 0. The minimum Gasteiger partial charge on any atom is -0.489 e. The molecule has 8 aliphatic carbocycles. The quantitative estimate of drug-likeness (QED) is 0.276. The fraction of sp³-hybridized carbons (Fsp3) is 0.440. The van der Waals surface area contributed by atoms with E-state index in [4.69, 9.17) is 4.74 Å². The summed E-state index contributed by atoms with van der Waals surface area (Å²) < 4.78 is 6.79. The average Bonchev–Trinajstić information content (AvgIpc) is 3.70.